The Bertz CT molecular complexity index is 648. The minimum absolute atomic E-state index is 0.404. The molecule has 0 radical (unpaired) electrons. The van der Waals surface area contributed by atoms with E-state index in [1.165, 1.54) is 32.1 Å². The molecule has 1 heterocycles. The average Bonchev–Trinajstić information content (AvgIpc) is 2.48. The summed E-state index contributed by atoms with van der Waals surface area (Å²) < 4.78 is 0.957. The van der Waals surface area contributed by atoms with E-state index in [1.54, 1.807) is 0 Å². The van der Waals surface area contributed by atoms with Gasteiger partial charge in [0.2, 0.25) is 0 Å². The normalized spacial score (nSPS) is 17.8. The number of anilines is 2. The van der Waals surface area contributed by atoms with Crippen LogP contribution in [0.15, 0.2) is 28.9 Å². The highest BCUT2D eigenvalue weighted by atomic mass is 79.9. The van der Waals surface area contributed by atoms with Gasteiger partial charge in [-0.2, -0.15) is 0 Å². The predicted molar refractivity (Wildman–Crippen MR) is 93.5 cm³/mol. The summed E-state index contributed by atoms with van der Waals surface area (Å²) in [6.07, 6.45) is 8.54. The molecule has 21 heavy (non-hydrogen) atoms. The molecule has 3 rings (SSSR count). The molecular formula is C17H22BrN3. The van der Waals surface area contributed by atoms with Crippen LogP contribution in [-0.2, 0) is 0 Å². The molecule has 112 valence electrons. The zero-order valence-electron chi connectivity index (χ0n) is 12.5. The van der Waals surface area contributed by atoms with Gasteiger partial charge >= 0.3 is 0 Å². The smallest absolute Gasteiger partial charge is 0.0954 e. The van der Waals surface area contributed by atoms with Crippen molar-refractivity contribution in [3.8, 4) is 0 Å². The SMILES string of the molecule is CC1(CNc2ccc(N)c3cc(Br)cnc23)CCCCC1. The first-order valence-corrected chi connectivity index (χ1v) is 8.44. The molecule has 0 atom stereocenters. The summed E-state index contributed by atoms with van der Waals surface area (Å²) in [4.78, 5) is 4.54. The van der Waals surface area contributed by atoms with Crippen LogP contribution in [0.2, 0.25) is 0 Å². The number of nitrogens with one attached hydrogen (secondary N) is 1. The molecule has 1 aliphatic carbocycles. The van der Waals surface area contributed by atoms with Gasteiger partial charge in [-0.3, -0.25) is 4.98 Å². The third-order valence-corrected chi connectivity index (χ3v) is 5.05. The maximum absolute atomic E-state index is 6.07. The van der Waals surface area contributed by atoms with Crippen molar-refractivity contribution in [1.29, 1.82) is 0 Å². The topological polar surface area (TPSA) is 50.9 Å². The minimum atomic E-state index is 0.404. The number of halogens is 1. The quantitative estimate of drug-likeness (QED) is 0.771. The van der Waals surface area contributed by atoms with Gasteiger partial charge in [-0.05, 0) is 52.4 Å². The van der Waals surface area contributed by atoms with Crippen molar-refractivity contribution < 1.29 is 0 Å². The van der Waals surface area contributed by atoms with Crippen LogP contribution in [0.1, 0.15) is 39.0 Å². The third-order valence-electron chi connectivity index (χ3n) is 4.62. The van der Waals surface area contributed by atoms with Crippen LogP contribution in [0.5, 0.6) is 0 Å². The molecule has 0 amide bonds. The molecule has 0 bridgehead atoms. The molecule has 0 saturated heterocycles. The van der Waals surface area contributed by atoms with E-state index >= 15 is 0 Å². The van der Waals surface area contributed by atoms with Crippen molar-refractivity contribution in [1.82, 2.24) is 4.98 Å². The lowest BCUT2D eigenvalue weighted by Gasteiger charge is -2.34. The van der Waals surface area contributed by atoms with Gasteiger partial charge in [-0.1, -0.05) is 26.2 Å². The number of hydrogen-bond donors (Lipinski definition) is 2. The number of aromatic nitrogens is 1. The van der Waals surface area contributed by atoms with Gasteiger partial charge in [-0.15, -0.1) is 0 Å². The second-order valence-electron chi connectivity index (χ2n) is 6.48. The molecule has 4 heteroatoms. The molecule has 0 spiro atoms. The molecule has 3 N–H and O–H groups in total. The number of fused-ring (bicyclic) bond motifs is 1. The number of nitrogens with zero attached hydrogens (tertiary/aromatic N) is 1. The number of nitrogens with two attached hydrogens (primary N) is 1. The molecule has 1 saturated carbocycles. The van der Waals surface area contributed by atoms with Crippen LogP contribution in [0.4, 0.5) is 11.4 Å². The summed E-state index contributed by atoms with van der Waals surface area (Å²) in [5.74, 6) is 0. The van der Waals surface area contributed by atoms with Gasteiger partial charge in [-0.25, -0.2) is 0 Å². The van der Waals surface area contributed by atoms with E-state index in [-0.39, 0.29) is 0 Å². The van der Waals surface area contributed by atoms with Gasteiger partial charge in [0.05, 0.1) is 11.2 Å². The first-order valence-electron chi connectivity index (χ1n) is 7.65. The number of benzene rings is 1. The van der Waals surface area contributed by atoms with E-state index in [0.29, 0.717) is 5.41 Å². The van der Waals surface area contributed by atoms with E-state index in [2.05, 4.69) is 33.2 Å². The molecule has 1 aromatic carbocycles. The summed E-state index contributed by atoms with van der Waals surface area (Å²) in [5.41, 5.74) is 9.28. The Morgan fingerprint density at radius 1 is 1.29 bits per heavy atom. The molecule has 1 aliphatic rings. The lowest BCUT2D eigenvalue weighted by atomic mass is 9.75. The second kappa shape index (κ2) is 5.84. The lowest BCUT2D eigenvalue weighted by molar-refractivity contribution is 0.233. The van der Waals surface area contributed by atoms with Crippen molar-refractivity contribution >= 4 is 38.2 Å². The highest BCUT2D eigenvalue weighted by molar-refractivity contribution is 9.10. The monoisotopic (exact) mass is 347 g/mol. The Morgan fingerprint density at radius 2 is 2.05 bits per heavy atom. The van der Waals surface area contributed by atoms with Crippen molar-refractivity contribution in [3.05, 3.63) is 28.9 Å². The maximum Gasteiger partial charge on any atom is 0.0954 e. The average molecular weight is 348 g/mol. The van der Waals surface area contributed by atoms with Crippen LogP contribution < -0.4 is 11.1 Å². The first kappa shape index (κ1) is 14.6. The van der Waals surface area contributed by atoms with Crippen LogP contribution in [0.3, 0.4) is 0 Å². The van der Waals surface area contributed by atoms with E-state index in [0.717, 1.165) is 33.3 Å². The number of pyridine rings is 1. The Hall–Kier alpha value is -1.29. The van der Waals surface area contributed by atoms with Crippen molar-refractivity contribution in [2.75, 3.05) is 17.6 Å². The van der Waals surface area contributed by atoms with E-state index in [9.17, 15) is 0 Å². The van der Waals surface area contributed by atoms with Gasteiger partial charge in [0.15, 0.2) is 0 Å². The summed E-state index contributed by atoms with van der Waals surface area (Å²) in [7, 11) is 0. The largest absolute Gasteiger partial charge is 0.398 e. The van der Waals surface area contributed by atoms with Gasteiger partial charge in [0, 0.05) is 28.3 Å². The fourth-order valence-corrected chi connectivity index (χ4v) is 3.58. The van der Waals surface area contributed by atoms with Crippen LogP contribution in [0.25, 0.3) is 10.9 Å². The number of rotatable bonds is 3. The first-order chi connectivity index (χ1) is 10.1. The second-order valence-corrected chi connectivity index (χ2v) is 7.39. The number of nitrogen functional groups attached to an aromatic ring is 1. The predicted octanol–water partition coefficient (Wildman–Crippen LogP) is 4.96. The van der Waals surface area contributed by atoms with Crippen molar-refractivity contribution in [3.63, 3.8) is 0 Å². The van der Waals surface area contributed by atoms with Crippen molar-refractivity contribution in [2.24, 2.45) is 5.41 Å². The summed E-state index contributed by atoms with van der Waals surface area (Å²) >= 11 is 3.46. The van der Waals surface area contributed by atoms with Gasteiger partial charge in [0.25, 0.3) is 0 Å². The molecule has 3 nitrogen and oxygen atoms in total. The Morgan fingerprint density at radius 3 is 2.81 bits per heavy atom. The Kier molecular flexibility index (Phi) is 4.07. The molecule has 2 aromatic rings. The molecule has 0 unspecified atom stereocenters. The van der Waals surface area contributed by atoms with Gasteiger partial charge in [0.1, 0.15) is 0 Å². The standard InChI is InChI=1S/C17H22BrN3/c1-17(7-3-2-4-8-17)11-21-15-6-5-14(19)13-9-12(18)10-20-16(13)15/h5-6,9-10,21H,2-4,7-8,11,19H2,1H3. The molecule has 0 aliphatic heterocycles. The number of hydrogen-bond acceptors (Lipinski definition) is 3. The van der Waals surface area contributed by atoms with Crippen LogP contribution >= 0.6 is 15.9 Å². The zero-order valence-corrected chi connectivity index (χ0v) is 14.0. The fraction of sp³-hybridized carbons (Fsp3) is 0.471. The molecule has 1 fully saturated rings. The van der Waals surface area contributed by atoms with E-state index in [4.69, 9.17) is 5.73 Å². The summed E-state index contributed by atoms with van der Waals surface area (Å²) in [6, 6.07) is 6.04. The van der Waals surface area contributed by atoms with E-state index < -0.39 is 0 Å². The molecule has 1 aromatic heterocycles. The highest BCUT2D eigenvalue weighted by Gasteiger charge is 2.26. The minimum Gasteiger partial charge on any atom is -0.398 e. The maximum atomic E-state index is 6.07. The Labute approximate surface area is 134 Å². The fourth-order valence-electron chi connectivity index (χ4n) is 3.25. The zero-order chi connectivity index (χ0) is 14.9. The Balaban J connectivity index is 1.85. The highest BCUT2D eigenvalue weighted by Crippen LogP contribution is 2.36. The van der Waals surface area contributed by atoms with Crippen LogP contribution in [-0.4, -0.2) is 11.5 Å². The summed E-state index contributed by atoms with van der Waals surface area (Å²) in [6.45, 7) is 3.40. The third kappa shape index (κ3) is 3.15. The molecular weight excluding hydrogens is 326 g/mol. The summed E-state index contributed by atoms with van der Waals surface area (Å²) in [5, 5.41) is 4.61. The van der Waals surface area contributed by atoms with Crippen LogP contribution in [0, 0.1) is 5.41 Å². The van der Waals surface area contributed by atoms with E-state index in [1.807, 2.05) is 24.4 Å². The van der Waals surface area contributed by atoms with Crippen molar-refractivity contribution in [2.45, 2.75) is 39.0 Å². The lowest BCUT2D eigenvalue weighted by Crippen LogP contribution is -2.29. The van der Waals surface area contributed by atoms with Gasteiger partial charge < -0.3 is 11.1 Å².